The van der Waals surface area contributed by atoms with Crippen molar-refractivity contribution in [1.82, 2.24) is 4.90 Å². The maximum Gasteiger partial charge on any atom is 0.249 e. The Bertz CT molecular complexity index is 1040. The van der Waals surface area contributed by atoms with Crippen LogP contribution in [-0.2, 0) is 6.42 Å². The van der Waals surface area contributed by atoms with E-state index >= 15 is 0 Å². The number of amides is 1. The van der Waals surface area contributed by atoms with Crippen LogP contribution in [0.15, 0.2) is 24.3 Å². The summed E-state index contributed by atoms with van der Waals surface area (Å²) in [4.78, 5) is 14.8. The Balaban J connectivity index is 1.58. The number of rotatable bonds is 14. The molecule has 0 aromatic heterocycles. The van der Waals surface area contributed by atoms with E-state index in [1.54, 1.807) is 12.1 Å². The molecule has 0 unspecified atom stereocenters. The van der Waals surface area contributed by atoms with Gasteiger partial charge in [0.15, 0.2) is 11.5 Å². The molecule has 3 N–H and O–H groups in total. The molecule has 1 fully saturated rings. The number of unbranched alkanes of at least 4 members (excludes halogenated alkanes) is 1. The van der Waals surface area contributed by atoms with Crippen molar-refractivity contribution in [1.29, 1.82) is 0 Å². The minimum Gasteiger partial charge on any atom is -0.490 e. The molecule has 0 radical (unpaired) electrons. The number of carbonyl (C=O) groups is 1. The van der Waals surface area contributed by atoms with Gasteiger partial charge in [-0.15, -0.1) is 0 Å². The largest absolute Gasteiger partial charge is 0.490 e. The highest BCUT2D eigenvalue weighted by atomic mass is 35.5. The molecule has 0 atom stereocenters. The number of nitrogens with one attached hydrogen (secondary N) is 1. The van der Waals surface area contributed by atoms with Gasteiger partial charge in [0.2, 0.25) is 11.7 Å². The molecular weight excluding hydrogens is 513 g/mol. The number of likely N-dealkylation sites (tertiary alicyclic amines) is 1. The highest BCUT2D eigenvalue weighted by Gasteiger charge is 2.24. The number of primary amides is 1. The van der Waals surface area contributed by atoms with Crippen molar-refractivity contribution in [2.45, 2.75) is 58.9 Å². The smallest absolute Gasteiger partial charge is 0.249 e. The number of nitrogens with zero attached hydrogens (tertiary/aromatic N) is 1. The summed E-state index contributed by atoms with van der Waals surface area (Å²) in [5.41, 5.74) is 7.87. The molecule has 2 aromatic carbocycles. The van der Waals surface area contributed by atoms with Crippen molar-refractivity contribution in [2.24, 2.45) is 5.73 Å². The molecule has 1 heterocycles. The lowest BCUT2D eigenvalue weighted by atomic mass is 9.98. The third kappa shape index (κ3) is 8.06. The highest BCUT2D eigenvalue weighted by molar-refractivity contribution is 6.35. The van der Waals surface area contributed by atoms with E-state index in [1.807, 2.05) is 32.9 Å². The molecule has 0 bridgehead atoms. The van der Waals surface area contributed by atoms with Gasteiger partial charge in [0.05, 0.1) is 30.5 Å². The van der Waals surface area contributed by atoms with Crippen LogP contribution < -0.4 is 25.3 Å². The predicted molar refractivity (Wildman–Crippen MR) is 151 cm³/mol. The lowest BCUT2D eigenvalue weighted by molar-refractivity contribution is 0.0998. The molecule has 3 rings (SSSR count). The first-order chi connectivity index (χ1) is 17.9. The zero-order valence-corrected chi connectivity index (χ0v) is 23.6. The second kappa shape index (κ2) is 14.6. The topological polar surface area (TPSA) is 86.1 Å². The average Bonchev–Trinajstić information content (AvgIpc) is 2.87. The molecule has 1 aliphatic heterocycles. The summed E-state index contributed by atoms with van der Waals surface area (Å²) in [5.74, 6) is 1.10. The minimum absolute atomic E-state index is 0.375. The van der Waals surface area contributed by atoms with Gasteiger partial charge in [-0.25, -0.2) is 0 Å². The van der Waals surface area contributed by atoms with Crippen LogP contribution in [0.25, 0.3) is 0 Å². The number of carbonyl (C=O) groups excluding carboxylic acids is 1. The molecule has 9 heteroatoms. The van der Waals surface area contributed by atoms with E-state index in [0.717, 1.165) is 56.6 Å². The summed E-state index contributed by atoms with van der Waals surface area (Å²) in [6.45, 7) is 10.1. The summed E-state index contributed by atoms with van der Waals surface area (Å²) in [7, 11) is 0. The molecule has 0 aliphatic carbocycles. The number of anilines is 1. The predicted octanol–water partition coefficient (Wildman–Crippen LogP) is 6.19. The zero-order valence-electron chi connectivity index (χ0n) is 22.1. The molecule has 204 valence electrons. The number of benzene rings is 2. The van der Waals surface area contributed by atoms with E-state index in [1.165, 1.54) is 0 Å². The molecule has 1 saturated heterocycles. The number of halogens is 2. The second-order valence-corrected chi connectivity index (χ2v) is 9.91. The van der Waals surface area contributed by atoms with Gasteiger partial charge in [-0.3, -0.25) is 4.79 Å². The van der Waals surface area contributed by atoms with E-state index in [0.29, 0.717) is 65.1 Å². The van der Waals surface area contributed by atoms with Crippen molar-refractivity contribution in [3.05, 3.63) is 45.4 Å². The van der Waals surface area contributed by atoms with Crippen LogP contribution in [0.3, 0.4) is 0 Å². The van der Waals surface area contributed by atoms with Crippen molar-refractivity contribution in [3.63, 3.8) is 0 Å². The molecule has 1 aliphatic rings. The normalized spacial score (nSPS) is 14.4. The Morgan fingerprint density at radius 3 is 2.32 bits per heavy atom. The highest BCUT2D eigenvalue weighted by Crippen LogP contribution is 2.43. The summed E-state index contributed by atoms with van der Waals surface area (Å²) in [6, 6.07) is 7.57. The van der Waals surface area contributed by atoms with Crippen molar-refractivity contribution < 1.29 is 19.0 Å². The van der Waals surface area contributed by atoms with Crippen molar-refractivity contribution in [2.75, 3.05) is 44.8 Å². The average molecular weight is 553 g/mol. The first kappa shape index (κ1) is 29.2. The Hall–Kier alpha value is -2.35. The molecule has 37 heavy (non-hydrogen) atoms. The number of hydrogen-bond donors (Lipinski definition) is 2. The van der Waals surface area contributed by atoms with Gasteiger partial charge in [-0.2, -0.15) is 0 Å². The molecular formula is C28H39Cl2N3O4. The fourth-order valence-electron chi connectivity index (χ4n) is 4.73. The Labute approximate surface area is 230 Å². The first-order valence-electron chi connectivity index (χ1n) is 13.2. The van der Waals surface area contributed by atoms with E-state index in [4.69, 9.17) is 43.1 Å². The number of hydrogen-bond acceptors (Lipinski definition) is 6. The molecule has 7 nitrogen and oxygen atoms in total. The van der Waals surface area contributed by atoms with Gasteiger partial charge in [0.1, 0.15) is 0 Å². The maximum atomic E-state index is 12.3. The Morgan fingerprint density at radius 2 is 1.68 bits per heavy atom. The third-order valence-corrected chi connectivity index (χ3v) is 7.04. The molecule has 0 spiro atoms. The van der Waals surface area contributed by atoms with Crippen molar-refractivity contribution in [3.8, 4) is 17.2 Å². The van der Waals surface area contributed by atoms with Crippen LogP contribution >= 0.6 is 23.2 Å². The maximum absolute atomic E-state index is 12.3. The second-order valence-electron chi connectivity index (χ2n) is 9.06. The monoisotopic (exact) mass is 551 g/mol. The lowest BCUT2D eigenvalue weighted by Gasteiger charge is -2.33. The number of piperidine rings is 1. The van der Waals surface area contributed by atoms with E-state index in [2.05, 4.69) is 10.2 Å². The SMILES string of the molecule is CCOc1cc(C(N)=O)c(CCCCN2CCC(Nc3cc(Cl)ccc3Cl)CC2)c(OCC)c1OCC. The van der Waals surface area contributed by atoms with Gasteiger partial charge in [0, 0.05) is 35.3 Å². The summed E-state index contributed by atoms with van der Waals surface area (Å²) >= 11 is 12.4. The van der Waals surface area contributed by atoms with Gasteiger partial charge in [0.25, 0.3) is 0 Å². The van der Waals surface area contributed by atoms with Gasteiger partial charge in [-0.05, 0) is 83.7 Å². The standard InChI is InChI=1S/C28H39Cl2N3O4/c1-4-35-25-18-22(28(31)34)21(26(36-5-2)27(25)37-6-3)9-7-8-14-33-15-12-20(13-16-33)32-24-17-19(29)10-11-23(24)30/h10-11,17-18,20,32H,4-9,12-16H2,1-3H3,(H2,31,34). The minimum atomic E-state index is -0.491. The third-order valence-electron chi connectivity index (χ3n) is 6.47. The lowest BCUT2D eigenvalue weighted by Crippen LogP contribution is -2.39. The van der Waals surface area contributed by atoms with Gasteiger partial charge in [-0.1, -0.05) is 23.2 Å². The fraction of sp³-hybridized carbons (Fsp3) is 0.536. The first-order valence-corrected chi connectivity index (χ1v) is 13.9. The van der Waals surface area contributed by atoms with E-state index in [-0.39, 0.29) is 0 Å². The van der Waals surface area contributed by atoms with Crippen LogP contribution in [-0.4, -0.2) is 56.3 Å². The van der Waals surface area contributed by atoms with Crippen LogP contribution in [0.2, 0.25) is 10.0 Å². The van der Waals surface area contributed by atoms with Crippen LogP contribution in [0.4, 0.5) is 5.69 Å². The fourth-order valence-corrected chi connectivity index (χ4v) is 5.07. The van der Waals surface area contributed by atoms with E-state index < -0.39 is 5.91 Å². The number of ether oxygens (including phenoxy) is 3. The van der Waals surface area contributed by atoms with Crippen LogP contribution in [0, 0.1) is 0 Å². The zero-order chi connectivity index (χ0) is 26.8. The van der Waals surface area contributed by atoms with Crippen LogP contribution in [0.5, 0.6) is 17.2 Å². The summed E-state index contributed by atoms with van der Waals surface area (Å²) in [5, 5.41) is 4.91. The Morgan fingerprint density at radius 1 is 1.00 bits per heavy atom. The van der Waals surface area contributed by atoms with Crippen molar-refractivity contribution >= 4 is 34.8 Å². The van der Waals surface area contributed by atoms with Gasteiger partial charge < -0.3 is 30.2 Å². The summed E-state index contributed by atoms with van der Waals surface area (Å²) < 4.78 is 17.6. The molecule has 1 amide bonds. The van der Waals surface area contributed by atoms with Gasteiger partial charge >= 0.3 is 0 Å². The quantitative estimate of drug-likeness (QED) is 0.272. The number of nitrogens with two attached hydrogens (primary N) is 1. The molecule has 0 saturated carbocycles. The summed E-state index contributed by atoms with van der Waals surface area (Å²) in [6.07, 6.45) is 4.65. The molecule has 2 aromatic rings. The van der Waals surface area contributed by atoms with Crippen LogP contribution in [0.1, 0.15) is 62.4 Å². The Kier molecular flexibility index (Phi) is 11.5. The van der Waals surface area contributed by atoms with E-state index in [9.17, 15) is 4.79 Å².